The maximum absolute atomic E-state index is 12.0. The molecule has 0 unspecified atom stereocenters. The number of aliphatic carboxylic acids is 1. The molecule has 206 valence electrons. The highest BCUT2D eigenvalue weighted by Gasteiger charge is 2.39. The van der Waals surface area contributed by atoms with Gasteiger partial charge >= 0.3 is 11.9 Å². The second-order valence-corrected chi connectivity index (χ2v) is 10.3. The van der Waals surface area contributed by atoms with E-state index in [2.05, 4.69) is 33.0 Å². The molecule has 0 amide bonds. The number of fused-ring (bicyclic) bond motifs is 1. The molecule has 0 radical (unpaired) electrons. The van der Waals surface area contributed by atoms with Crippen molar-refractivity contribution in [2.45, 2.75) is 39.2 Å². The summed E-state index contributed by atoms with van der Waals surface area (Å²) in [6.07, 6.45) is 2.93. The fraction of sp³-hybridized carbons (Fsp3) is 0.448. The molecule has 1 N–H and O–H groups in total. The van der Waals surface area contributed by atoms with Crippen molar-refractivity contribution in [2.75, 3.05) is 48.1 Å². The van der Waals surface area contributed by atoms with Gasteiger partial charge in [-0.25, -0.2) is 9.59 Å². The molecule has 0 saturated carbocycles. The molecule has 0 spiro atoms. The zero-order valence-electron chi connectivity index (χ0n) is 22.9. The monoisotopic (exact) mass is 546 g/mol. The molecule has 3 rings (SSSR count). The Balaban J connectivity index is 1.89. The number of methoxy groups -OCH3 is 3. The number of ether oxygens (including phenoxy) is 4. The number of hydrogen-bond donors (Lipinski definition) is 1. The lowest BCUT2D eigenvalue weighted by atomic mass is 9.84. The number of hydrogen-bond acceptors (Lipinski definition) is 6. The first-order valence-corrected chi connectivity index (χ1v) is 12.9. The van der Waals surface area contributed by atoms with E-state index < -0.39 is 17.0 Å². The van der Waals surface area contributed by atoms with Gasteiger partial charge in [-0.1, -0.05) is 17.7 Å². The summed E-state index contributed by atoms with van der Waals surface area (Å²) >= 11 is 5.72. The highest BCUT2D eigenvalue weighted by atomic mass is 35.5. The van der Waals surface area contributed by atoms with E-state index in [9.17, 15) is 9.59 Å². The molecule has 2 atom stereocenters. The molecule has 1 aliphatic rings. The molecule has 2 aromatic carbocycles. The number of carbonyl (C=O) groups is 2. The zero-order valence-corrected chi connectivity index (χ0v) is 23.7. The van der Waals surface area contributed by atoms with Crippen molar-refractivity contribution >= 4 is 23.5 Å². The highest BCUT2D eigenvalue weighted by Crippen LogP contribution is 2.43. The van der Waals surface area contributed by atoms with Crippen LogP contribution < -0.4 is 14.2 Å². The largest absolute Gasteiger partial charge is 0.493 e. The van der Waals surface area contributed by atoms with E-state index in [-0.39, 0.29) is 12.6 Å². The summed E-state index contributed by atoms with van der Waals surface area (Å²) in [6, 6.07) is 8.75. The summed E-state index contributed by atoms with van der Waals surface area (Å²) in [7, 11) is 7.05. The number of nitrogens with zero attached hydrogens (tertiary/aromatic N) is 1. The lowest BCUT2D eigenvalue weighted by molar-refractivity contribution is -0.941. The van der Waals surface area contributed by atoms with Crippen LogP contribution >= 0.6 is 11.6 Å². The van der Waals surface area contributed by atoms with Gasteiger partial charge in [-0.2, -0.15) is 0 Å². The number of halogens is 1. The Hall–Kier alpha value is -3.23. The second kappa shape index (κ2) is 12.5. The van der Waals surface area contributed by atoms with Crippen molar-refractivity contribution in [2.24, 2.45) is 0 Å². The Morgan fingerprint density at radius 2 is 1.68 bits per heavy atom. The smallest absolute Gasteiger partial charge is 0.350 e. The maximum Gasteiger partial charge on any atom is 0.350 e. The molecule has 0 aliphatic carbocycles. The van der Waals surface area contributed by atoms with Crippen molar-refractivity contribution in [3.05, 3.63) is 63.2 Å². The number of esters is 1. The van der Waals surface area contributed by atoms with Crippen LogP contribution in [0.15, 0.2) is 35.4 Å². The summed E-state index contributed by atoms with van der Waals surface area (Å²) in [5, 5.41) is 8.33. The molecule has 0 bridgehead atoms. The number of carboxylic acid groups (broad SMARTS) is 1. The molecule has 2 aromatic rings. The van der Waals surface area contributed by atoms with Crippen LogP contribution in [0.5, 0.6) is 17.2 Å². The standard InChI is InChI=1S/C29H36ClNO7/c1-18-12-21-8-10-31(3,9-7-11-38-29(34)23(30)17-27(32)33)24(22(21)13-19(18)2)14-20-15-25(35-4)28(37-6)26(16-20)36-5/h12-13,15-17,24H,7-11,14H2,1-6H3/p+1/b23-17-/t24-,31-/m1/s1. The molecule has 0 aromatic heterocycles. The average Bonchev–Trinajstić information content (AvgIpc) is 2.88. The van der Waals surface area contributed by atoms with Gasteiger partial charge in [0.05, 0.1) is 48.1 Å². The van der Waals surface area contributed by atoms with Crippen LogP contribution in [0.4, 0.5) is 0 Å². The lowest BCUT2D eigenvalue weighted by Crippen LogP contribution is -2.52. The number of aryl methyl sites for hydroxylation is 2. The SMILES string of the molecule is COc1cc(C[C@@H]2c3cc(C)c(C)cc3CC[N@@+]2(C)CCCOC(=O)/C(Cl)=C/C(=O)O)cc(OC)c1OC. The maximum atomic E-state index is 12.0. The summed E-state index contributed by atoms with van der Waals surface area (Å²) in [5.41, 5.74) is 6.28. The van der Waals surface area contributed by atoms with Gasteiger partial charge in [0.2, 0.25) is 5.75 Å². The number of rotatable bonds is 11. The molecule has 8 nitrogen and oxygen atoms in total. The van der Waals surface area contributed by atoms with Crippen molar-refractivity contribution in [3.8, 4) is 17.2 Å². The van der Waals surface area contributed by atoms with Crippen LogP contribution in [-0.2, 0) is 27.2 Å². The first-order chi connectivity index (χ1) is 18.0. The second-order valence-electron chi connectivity index (χ2n) is 9.89. The Kier molecular flexibility index (Phi) is 9.68. The molecule has 0 saturated heterocycles. The minimum atomic E-state index is -1.29. The topological polar surface area (TPSA) is 91.3 Å². The fourth-order valence-corrected chi connectivity index (χ4v) is 5.34. The van der Waals surface area contributed by atoms with Crippen LogP contribution in [0, 0.1) is 13.8 Å². The Morgan fingerprint density at radius 3 is 2.26 bits per heavy atom. The summed E-state index contributed by atoms with van der Waals surface area (Å²) in [5.74, 6) is -0.336. The van der Waals surface area contributed by atoms with Gasteiger partial charge in [0.25, 0.3) is 0 Å². The third-order valence-electron chi connectivity index (χ3n) is 7.40. The first kappa shape index (κ1) is 29.3. The summed E-state index contributed by atoms with van der Waals surface area (Å²) in [6.45, 7) is 6.11. The molecule has 38 heavy (non-hydrogen) atoms. The van der Waals surface area contributed by atoms with Gasteiger partial charge in [0, 0.05) is 30.9 Å². The van der Waals surface area contributed by atoms with Crippen molar-refractivity contribution < 1.29 is 38.1 Å². The van der Waals surface area contributed by atoms with E-state index in [1.165, 1.54) is 22.3 Å². The third-order valence-corrected chi connectivity index (χ3v) is 7.67. The van der Waals surface area contributed by atoms with Gasteiger partial charge < -0.3 is 28.5 Å². The molecular weight excluding hydrogens is 510 g/mol. The molecule has 1 heterocycles. The third kappa shape index (κ3) is 6.60. The van der Waals surface area contributed by atoms with Gasteiger partial charge in [0.1, 0.15) is 11.1 Å². The van der Waals surface area contributed by atoms with Gasteiger partial charge in [-0.05, 0) is 54.3 Å². The van der Waals surface area contributed by atoms with Gasteiger partial charge in [-0.15, -0.1) is 0 Å². The van der Waals surface area contributed by atoms with E-state index in [1.54, 1.807) is 21.3 Å². The van der Waals surface area contributed by atoms with Crippen molar-refractivity contribution in [1.29, 1.82) is 0 Å². The van der Waals surface area contributed by atoms with Crippen LogP contribution in [0.25, 0.3) is 0 Å². The molecule has 9 heteroatoms. The normalized spacial score (nSPS) is 18.9. The zero-order chi connectivity index (χ0) is 28.0. The van der Waals surface area contributed by atoms with Crippen LogP contribution in [0.2, 0.25) is 0 Å². The molecule has 1 aliphatic heterocycles. The van der Waals surface area contributed by atoms with E-state index in [0.29, 0.717) is 29.7 Å². The number of carboxylic acids is 1. The van der Waals surface area contributed by atoms with Gasteiger partial charge in [-0.3, -0.25) is 0 Å². The number of quaternary nitrogens is 1. The van der Waals surface area contributed by atoms with E-state index in [1.807, 2.05) is 12.1 Å². The predicted molar refractivity (Wildman–Crippen MR) is 145 cm³/mol. The molecule has 0 fully saturated rings. The van der Waals surface area contributed by atoms with E-state index in [0.717, 1.165) is 36.0 Å². The van der Waals surface area contributed by atoms with Crippen LogP contribution in [-0.4, -0.2) is 69.6 Å². The Labute approximate surface area is 229 Å². The van der Waals surface area contributed by atoms with Crippen molar-refractivity contribution in [3.63, 3.8) is 0 Å². The lowest BCUT2D eigenvalue weighted by Gasteiger charge is -2.46. The highest BCUT2D eigenvalue weighted by molar-refractivity contribution is 6.42. The van der Waals surface area contributed by atoms with Crippen molar-refractivity contribution in [1.82, 2.24) is 0 Å². The molecular formula is C29H37ClNO7+. The Morgan fingerprint density at radius 1 is 1.05 bits per heavy atom. The van der Waals surface area contributed by atoms with Gasteiger partial charge in [0.15, 0.2) is 11.5 Å². The number of likely N-dealkylation sites (N-methyl/N-ethyl adjacent to an activating group) is 1. The quantitative estimate of drug-likeness (QED) is 0.188. The van der Waals surface area contributed by atoms with Crippen LogP contribution in [0.1, 0.15) is 40.3 Å². The summed E-state index contributed by atoms with van der Waals surface area (Å²) in [4.78, 5) is 22.7. The fourth-order valence-electron chi connectivity index (χ4n) is 5.19. The average molecular weight is 547 g/mol. The first-order valence-electron chi connectivity index (χ1n) is 12.5. The van der Waals surface area contributed by atoms with E-state index >= 15 is 0 Å². The minimum Gasteiger partial charge on any atom is -0.493 e. The van der Waals surface area contributed by atoms with Crippen LogP contribution in [0.3, 0.4) is 0 Å². The van der Waals surface area contributed by atoms with E-state index in [4.69, 9.17) is 35.7 Å². The Bertz CT molecular complexity index is 1200. The summed E-state index contributed by atoms with van der Waals surface area (Å²) < 4.78 is 22.7. The minimum absolute atomic E-state index is 0.145. The predicted octanol–water partition coefficient (Wildman–Crippen LogP) is 4.76. The number of benzene rings is 2. The number of carbonyl (C=O) groups excluding carboxylic acids is 1.